The molecule has 0 saturated carbocycles. The van der Waals surface area contributed by atoms with E-state index < -0.39 is 4.92 Å². The SMILES string of the molecule is Cc1cc([N+](=O)[O-])cc2sc(Cl)nc12. The third-order valence-corrected chi connectivity index (χ3v) is 2.96. The first-order valence-electron chi connectivity index (χ1n) is 3.79. The molecule has 0 unspecified atom stereocenters. The summed E-state index contributed by atoms with van der Waals surface area (Å²) in [6.45, 7) is 1.78. The van der Waals surface area contributed by atoms with E-state index in [1.165, 1.54) is 23.5 Å². The van der Waals surface area contributed by atoms with Gasteiger partial charge in [-0.05, 0) is 12.5 Å². The number of hydrogen-bond donors (Lipinski definition) is 0. The zero-order valence-electron chi connectivity index (χ0n) is 7.15. The number of thiazole rings is 1. The van der Waals surface area contributed by atoms with Crippen LogP contribution in [-0.2, 0) is 0 Å². The lowest BCUT2D eigenvalue weighted by Gasteiger charge is -1.94. The summed E-state index contributed by atoms with van der Waals surface area (Å²) in [7, 11) is 0. The maximum atomic E-state index is 10.6. The van der Waals surface area contributed by atoms with Crippen LogP contribution in [0.2, 0.25) is 4.47 Å². The van der Waals surface area contributed by atoms with Gasteiger partial charge in [0.05, 0.1) is 15.1 Å². The number of nitrogens with zero attached hydrogens (tertiary/aromatic N) is 2. The van der Waals surface area contributed by atoms with Gasteiger partial charge in [-0.15, -0.1) is 11.3 Å². The van der Waals surface area contributed by atoms with Crippen LogP contribution in [0.15, 0.2) is 12.1 Å². The maximum Gasteiger partial charge on any atom is 0.271 e. The van der Waals surface area contributed by atoms with Crippen LogP contribution in [-0.4, -0.2) is 9.91 Å². The Kier molecular flexibility index (Phi) is 2.13. The highest BCUT2D eigenvalue weighted by Crippen LogP contribution is 2.31. The molecule has 0 spiro atoms. The molecule has 0 N–H and O–H groups in total. The van der Waals surface area contributed by atoms with Gasteiger partial charge in [-0.25, -0.2) is 4.98 Å². The van der Waals surface area contributed by atoms with Gasteiger partial charge in [0.25, 0.3) is 5.69 Å². The van der Waals surface area contributed by atoms with E-state index in [4.69, 9.17) is 11.6 Å². The van der Waals surface area contributed by atoms with E-state index in [1.54, 1.807) is 6.92 Å². The van der Waals surface area contributed by atoms with Gasteiger partial charge in [0.2, 0.25) is 0 Å². The molecule has 0 bridgehead atoms. The van der Waals surface area contributed by atoms with E-state index in [2.05, 4.69) is 4.98 Å². The Labute approximate surface area is 88.3 Å². The minimum absolute atomic E-state index is 0.0790. The number of nitro benzene ring substituents is 1. The molecular formula is C8H5ClN2O2S. The number of nitro groups is 1. The lowest BCUT2D eigenvalue weighted by molar-refractivity contribution is -0.384. The molecule has 14 heavy (non-hydrogen) atoms. The van der Waals surface area contributed by atoms with E-state index in [9.17, 15) is 10.1 Å². The van der Waals surface area contributed by atoms with Crippen molar-refractivity contribution in [2.24, 2.45) is 0 Å². The first kappa shape index (κ1) is 9.36. The maximum absolute atomic E-state index is 10.6. The highest BCUT2D eigenvalue weighted by molar-refractivity contribution is 7.22. The molecule has 1 heterocycles. The van der Waals surface area contributed by atoms with Crippen LogP contribution >= 0.6 is 22.9 Å². The normalized spacial score (nSPS) is 10.7. The van der Waals surface area contributed by atoms with Crippen LogP contribution in [0, 0.1) is 17.0 Å². The first-order chi connectivity index (χ1) is 6.58. The zero-order chi connectivity index (χ0) is 10.3. The number of halogens is 1. The molecule has 0 amide bonds. The Hall–Kier alpha value is -1.20. The number of benzene rings is 1. The van der Waals surface area contributed by atoms with Gasteiger partial charge < -0.3 is 0 Å². The third kappa shape index (κ3) is 1.44. The monoisotopic (exact) mass is 228 g/mol. The van der Waals surface area contributed by atoms with E-state index >= 15 is 0 Å². The van der Waals surface area contributed by atoms with Crippen LogP contribution in [0.5, 0.6) is 0 Å². The minimum Gasteiger partial charge on any atom is -0.258 e. The highest BCUT2D eigenvalue weighted by atomic mass is 35.5. The molecule has 1 aromatic heterocycles. The number of non-ortho nitro benzene ring substituents is 1. The van der Waals surface area contributed by atoms with Crippen molar-refractivity contribution in [1.82, 2.24) is 4.98 Å². The molecule has 0 atom stereocenters. The lowest BCUT2D eigenvalue weighted by atomic mass is 10.2. The summed E-state index contributed by atoms with van der Waals surface area (Å²) < 4.78 is 1.16. The first-order valence-corrected chi connectivity index (χ1v) is 4.98. The van der Waals surface area contributed by atoms with Gasteiger partial charge >= 0.3 is 0 Å². The van der Waals surface area contributed by atoms with Gasteiger partial charge in [0.15, 0.2) is 4.47 Å². The number of aromatic nitrogens is 1. The topological polar surface area (TPSA) is 56.0 Å². The molecule has 4 nitrogen and oxygen atoms in total. The van der Waals surface area contributed by atoms with Crippen molar-refractivity contribution in [2.75, 3.05) is 0 Å². The molecule has 2 rings (SSSR count). The Morgan fingerprint density at radius 1 is 1.57 bits per heavy atom. The van der Waals surface area contributed by atoms with E-state index in [0.717, 1.165) is 15.8 Å². The van der Waals surface area contributed by atoms with Crippen molar-refractivity contribution in [1.29, 1.82) is 0 Å². The fourth-order valence-electron chi connectivity index (χ4n) is 1.26. The standard InChI is InChI=1S/C8H5ClN2O2S/c1-4-2-5(11(12)13)3-6-7(4)10-8(9)14-6/h2-3H,1H3. The molecule has 0 radical (unpaired) electrons. The average molecular weight is 229 g/mol. The van der Waals surface area contributed by atoms with E-state index in [-0.39, 0.29) is 5.69 Å². The predicted octanol–water partition coefficient (Wildman–Crippen LogP) is 3.17. The summed E-state index contributed by atoms with van der Waals surface area (Å²) in [6.07, 6.45) is 0. The molecule has 0 aliphatic carbocycles. The summed E-state index contributed by atoms with van der Waals surface area (Å²) in [4.78, 5) is 14.2. The fraction of sp³-hybridized carbons (Fsp3) is 0.125. The Morgan fingerprint density at radius 3 is 2.93 bits per heavy atom. The summed E-state index contributed by atoms with van der Waals surface area (Å²) in [5.74, 6) is 0. The van der Waals surface area contributed by atoms with Gasteiger partial charge in [-0.2, -0.15) is 0 Å². The van der Waals surface area contributed by atoms with Gasteiger partial charge in [-0.1, -0.05) is 11.6 Å². The number of aryl methyl sites for hydroxylation is 1. The molecule has 2 aromatic rings. The number of hydrogen-bond acceptors (Lipinski definition) is 4. The van der Waals surface area contributed by atoms with Crippen LogP contribution in [0.25, 0.3) is 10.2 Å². The second-order valence-corrected chi connectivity index (χ2v) is 4.45. The van der Waals surface area contributed by atoms with Gasteiger partial charge in [0, 0.05) is 12.1 Å². The second-order valence-electron chi connectivity index (χ2n) is 2.83. The third-order valence-electron chi connectivity index (χ3n) is 1.85. The zero-order valence-corrected chi connectivity index (χ0v) is 8.72. The molecular weight excluding hydrogens is 224 g/mol. The minimum atomic E-state index is -0.417. The van der Waals surface area contributed by atoms with Crippen molar-refractivity contribution in [3.63, 3.8) is 0 Å². The van der Waals surface area contributed by atoms with Crippen molar-refractivity contribution < 1.29 is 4.92 Å². The summed E-state index contributed by atoms with van der Waals surface area (Å²) in [6, 6.07) is 2.99. The smallest absolute Gasteiger partial charge is 0.258 e. The van der Waals surface area contributed by atoms with Crippen molar-refractivity contribution in [3.8, 4) is 0 Å². The van der Waals surface area contributed by atoms with Crippen LogP contribution in [0.3, 0.4) is 0 Å². The Balaban J connectivity index is 2.77. The summed E-state index contributed by atoms with van der Waals surface area (Å²) >= 11 is 6.97. The summed E-state index contributed by atoms with van der Waals surface area (Å²) in [5, 5.41) is 10.6. The Bertz CT molecular complexity index is 523. The highest BCUT2D eigenvalue weighted by Gasteiger charge is 2.12. The lowest BCUT2D eigenvalue weighted by Crippen LogP contribution is -1.88. The summed E-state index contributed by atoms with van der Waals surface area (Å²) in [5.41, 5.74) is 1.60. The molecule has 0 fully saturated rings. The molecule has 0 aliphatic heterocycles. The fourth-order valence-corrected chi connectivity index (χ4v) is 2.39. The molecule has 72 valence electrons. The molecule has 1 aromatic carbocycles. The largest absolute Gasteiger partial charge is 0.271 e. The van der Waals surface area contributed by atoms with Crippen LogP contribution in [0.1, 0.15) is 5.56 Å². The average Bonchev–Trinajstić information content (AvgIpc) is 2.45. The molecule has 6 heteroatoms. The van der Waals surface area contributed by atoms with Crippen LogP contribution in [0.4, 0.5) is 5.69 Å². The van der Waals surface area contributed by atoms with Crippen molar-refractivity contribution in [2.45, 2.75) is 6.92 Å². The number of fused-ring (bicyclic) bond motifs is 1. The van der Waals surface area contributed by atoms with E-state index in [0.29, 0.717) is 4.47 Å². The quantitative estimate of drug-likeness (QED) is 0.556. The van der Waals surface area contributed by atoms with E-state index in [1.807, 2.05) is 0 Å². The van der Waals surface area contributed by atoms with Crippen molar-refractivity contribution in [3.05, 3.63) is 32.3 Å². The van der Waals surface area contributed by atoms with Crippen molar-refractivity contribution >= 4 is 38.8 Å². The van der Waals surface area contributed by atoms with Gasteiger partial charge in [0.1, 0.15) is 0 Å². The van der Waals surface area contributed by atoms with Crippen LogP contribution < -0.4 is 0 Å². The Morgan fingerprint density at radius 2 is 2.29 bits per heavy atom. The van der Waals surface area contributed by atoms with Gasteiger partial charge in [-0.3, -0.25) is 10.1 Å². The second kappa shape index (κ2) is 3.18. The molecule has 0 aliphatic rings. The molecule has 0 saturated heterocycles. The number of rotatable bonds is 1. The predicted molar refractivity (Wildman–Crippen MR) is 56.0 cm³/mol.